The van der Waals surface area contributed by atoms with Gasteiger partial charge in [0.15, 0.2) is 6.61 Å². The molecule has 0 heterocycles. The molecule has 0 aliphatic rings. The monoisotopic (exact) mass is 486 g/mol. The van der Waals surface area contributed by atoms with E-state index in [1.165, 1.54) is 31.4 Å². The number of methoxy groups -OCH3 is 1. The first-order valence-electron chi connectivity index (χ1n) is 10.1. The zero-order valence-electron chi connectivity index (χ0n) is 18.6. The lowest BCUT2D eigenvalue weighted by Gasteiger charge is -2.15. The van der Waals surface area contributed by atoms with Crippen LogP contribution in [0.3, 0.4) is 0 Å². The van der Waals surface area contributed by atoms with Gasteiger partial charge in [-0.15, -0.1) is 11.8 Å². The molecular formula is C24H26N2O5S2. The van der Waals surface area contributed by atoms with Gasteiger partial charge in [0.25, 0.3) is 15.9 Å². The largest absolute Gasteiger partial charge is 0.497 e. The van der Waals surface area contributed by atoms with E-state index >= 15 is 0 Å². The summed E-state index contributed by atoms with van der Waals surface area (Å²) in [5.74, 6) is 0.666. The molecule has 174 valence electrons. The predicted octanol–water partition coefficient (Wildman–Crippen LogP) is 4.47. The highest BCUT2D eigenvalue weighted by molar-refractivity contribution is 7.98. The zero-order valence-corrected chi connectivity index (χ0v) is 20.2. The van der Waals surface area contributed by atoms with Gasteiger partial charge in [0.05, 0.1) is 23.7 Å². The average molecular weight is 487 g/mol. The zero-order chi connectivity index (χ0) is 23.8. The fraction of sp³-hybridized carbons (Fsp3) is 0.208. The first-order valence-corrected chi connectivity index (χ1v) is 12.8. The van der Waals surface area contributed by atoms with E-state index in [0.29, 0.717) is 17.2 Å². The smallest absolute Gasteiger partial charge is 0.261 e. The van der Waals surface area contributed by atoms with Crippen molar-refractivity contribution in [3.63, 3.8) is 0 Å². The Balaban J connectivity index is 1.54. The van der Waals surface area contributed by atoms with Crippen LogP contribution in [-0.4, -0.2) is 34.3 Å². The number of amides is 1. The number of benzene rings is 3. The second kappa shape index (κ2) is 11.1. The lowest BCUT2D eigenvalue weighted by molar-refractivity contribution is -0.123. The number of sulfonamides is 1. The van der Waals surface area contributed by atoms with Crippen LogP contribution < -0.4 is 19.5 Å². The fourth-order valence-corrected chi connectivity index (χ4v) is 4.48. The van der Waals surface area contributed by atoms with Crippen LogP contribution in [0.2, 0.25) is 0 Å². The third-order valence-corrected chi connectivity index (χ3v) is 6.96. The third kappa shape index (κ3) is 6.90. The molecule has 9 heteroatoms. The van der Waals surface area contributed by atoms with Crippen molar-refractivity contribution in [3.8, 4) is 11.5 Å². The summed E-state index contributed by atoms with van der Waals surface area (Å²) < 4.78 is 38.4. The van der Waals surface area contributed by atoms with Crippen LogP contribution in [0.15, 0.2) is 82.6 Å². The van der Waals surface area contributed by atoms with Crippen LogP contribution in [0, 0.1) is 0 Å². The Morgan fingerprint density at radius 3 is 2.33 bits per heavy atom. The molecule has 1 amide bonds. The second-order valence-corrected chi connectivity index (χ2v) is 9.72. The van der Waals surface area contributed by atoms with Gasteiger partial charge in [0, 0.05) is 11.0 Å². The van der Waals surface area contributed by atoms with Gasteiger partial charge in [-0.05, 0) is 67.3 Å². The van der Waals surface area contributed by atoms with Crippen LogP contribution in [0.5, 0.6) is 11.5 Å². The van der Waals surface area contributed by atoms with E-state index in [4.69, 9.17) is 9.47 Å². The fourth-order valence-electron chi connectivity index (χ4n) is 3.02. The summed E-state index contributed by atoms with van der Waals surface area (Å²) >= 11 is 1.66. The SMILES string of the molecule is COc1cccc(NS(=O)(=O)c2ccc(OCC(=O)NC(C)c3ccc(SC)cc3)cc2)c1. The number of thioether (sulfide) groups is 1. The summed E-state index contributed by atoms with van der Waals surface area (Å²) in [4.78, 5) is 13.5. The van der Waals surface area contributed by atoms with Crippen molar-refractivity contribution in [2.24, 2.45) is 0 Å². The number of carbonyl (C=O) groups excluding carboxylic acids is 1. The summed E-state index contributed by atoms with van der Waals surface area (Å²) in [6, 6.07) is 20.3. The number of nitrogens with one attached hydrogen (secondary N) is 2. The summed E-state index contributed by atoms with van der Waals surface area (Å²) in [6.45, 7) is 1.72. The van der Waals surface area contributed by atoms with Crippen LogP contribution in [0.25, 0.3) is 0 Å². The van der Waals surface area contributed by atoms with E-state index in [1.54, 1.807) is 36.0 Å². The molecule has 3 rings (SSSR count). The van der Waals surface area contributed by atoms with E-state index in [1.807, 2.05) is 37.4 Å². The molecule has 3 aromatic rings. The molecule has 0 saturated carbocycles. The maximum Gasteiger partial charge on any atom is 0.261 e. The number of hydrogen-bond donors (Lipinski definition) is 2. The van der Waals surface area contributed by atoms with E-state index in [-0.39, 0.29) is 23.5 Å². The molecule has 33 heavy (non-hydrogen) atoms. The van der Waals surface area contributed by atoms with Crippen LogP contribution in [0.4, 0.5) is 5.69 Å². The number of hydrogen-bond acceptors (Lipinski definition) is 6. The summed E-state index contributed by atoms with van der Waals surface area (Å²) in [5, 5.41) is 2.89. The van der Waals surface area contributed by atoms with Gasteiger partial charge in [-0.1, -0.05) is 18.2 Å². The van der Waals surface area contributed by atoms with Crippen LogP contribution in [-0.2, 0) is 14.8 Å². The first kappa shape index (κ1) is 24.5. The first-order chi connectivity index (χ1) is 15.8. The van der Waals surface area contributed by atoms with Crippen molar-refractivity contribution in [1.82, 2.24) is 5.32 Å². The molecule has 0 saturated heterocycles. The Morgan fingerprint density at radius 1 is 1.00 bits per heavy atom. The van der Waals surface area contributed by atoms with Gasteiger partial charge in [-0.2, -0.15) is 0 Å². The average Bonchev–Trinajstić information content (AvgIpc) is 2.83. The Hall–Kier alpha value is -3.17. The minimum atomic E-state index is -3.78. The van der Waals surface area contributed by atoms with Crippen molar-refractivity contribution < 1.29 is 22.7 Å². The van der Waals surface area contributed by atoms with Gasteiger partial charge in [0.2, 0.25) is 0 Å². The molecule has 0 aliphatic heterocycles. The predicted molar refractivity (Wildman–Crippen MR) is 131 cm³/mol. The maximum atomic E-state index is 12.6. The lowest BCUT2D eigenvalue weighted by atomic mass is 10.1. The van der Waals surface area contributed by atoms with Gasteiger partial charge < -0.3 is 14.8 Å². The van der Waals surface area contributed by atoms with E-state index in [2.05, 4.69) is 10.0 Å². The number of anilines is 1. The standard InChI is InChI=1S/C24H26N2O5S2/c1-17(18-7-11-22(32-3)12-8-18)25-24(27)16-31-20-9-13-23(14-10-20)33(28,29)26-19-5-4-6-21(15-19)30-2/h4-15,17,26H,16H2,1-3H3,(H,25,27). The maximum absolute atomic E-state index is 12.6. The Labute approximate surface area is 198 Å². The molecule has 7 nitrogen and oxygen atoms in total. The van der Waals surface area contributed by atoms with Crippen molar-refractivity contribution >= 4 is 33.4 Å². The van der Waals surface area contributed by atoms with Gasteiger partial charge in [-0.3, -0.25) is 9.52 Å². The van der Waals surface area contributed by atoms with E-state index < -0.39 is 10.0 Å². The molecular weight excluding hydrogens is 460 g/mol. The van der Waals surface area contributed by atoms with Gasteiger partial charge >= 0.3 is 0 Å². The summed E-state index contributed by atoms with van der Waals surface area (Å²) in [5.41, 5.74) is 1.39. The third-order valence-electron chi connectivity index (χ3n) is 4.82. The van der Waals surface area contributed by atoms with Crippen LogP contribution >= 0.6 is 11.8 Å². The molecule has 2 N–H and O–H groups in total. The van der Waals surface area contributed by atoms with Crippen molar-refractivity contribution in [1.29, 1.82) is 0 Å². The van der Waals surface area contributed by atoms with Crippen molar-refractivity contribution in [2.75, 3.05) is 24.7 Å². The second-order valence-electron chi connectivity index (χ2n) is 7.16. The highest BCUT2D eigenvalue weighted by Crippen LogP contribution is 2.22. The number of rotatable bonds is 10. The highest BCUT2D eigenvalue weighted by Gasteiger charge is 2.15. The number of ether oxygens (including phenoxy) is 2. The van der Waals surface area contributed by atoms with Crippen molar-refractivity contribution in [3.05, 3.63) is 78.4 Å². The highest BCUT2D eigenvalue weighted by atomic mass is 32.2. The molecule has 0 aliphatic carbocycles. The van der Waals surface area contributed by atoms with Gasteiger partial charge in [-0.25, -0.2) is 8.42 Å². The Morgan fingerprint density at radius 2 is 1.70 bits per heavy atom. The lowest BCUT2D eigenvalue weighted by Crippen LogP contribution is -2.31. The quantitative estimate of drug-likeness (QED) is 0.411. The molecule has 0 bridgehead atoms. The molecule has 0 aromatic heterocycles. The van der Waals surface area contributed by atoms with E-state index in [0.717, 1.165) is 10.5 Å². The topological polar surface area (TPSA) is 93.7 Å². The molecule has 3 aromatic carbocycles. The summed E-state index contributed by atoms with van der Waals surface area (Å²) in [6.07, 6.45) is 2.01. The number of carbonyl (C=O) groups is 1. The van der Waals surface area contributed by atoms with E-state index in [9.17, 15) is 13.2 Å². The molecule has 1 unspecified atom stereocenters. The Bertz CT molecular complexity index is 1180. The minimum Gasteiger partial charge on any atom is -0.497 e. The van der Waals surface area contributed by atoms with Crippen molar-refractivity contribution in [2.45, 2.75) is 22.8 Å². The molecule has 1 atom stereocenters. The molecule has 0 fully saturated rings. The van der Waals surface area contributed by atoms with Gasteiger partial charge in [0.1, 0.15) is 11.5 Å². The minimum absolute atomic E-state index is 0.0735. The Kier molecular flexibility index (Phi) is 8.24. The summed E-state index contributed by atoms with van der Waals surface area (Å²) in [7, 11) is -2.27. The molecule has 0 radical (unpaired) electrons. The van der Waals surface area contributed by atoms with Crippen LogP contribution in [0.1, 0.15) is 18.5 Å². The normalized spacial score (nSPS) is 12.0. The molecule has 0 spiro atoms.